The molecule has 0 unspecified atom stereocenters. The predicted octanol–water partition coefficient (Wildman–Crippen LogP) is 3.63. The van der Waals surface area contributed by atoms with Crippen molar-refractivity contribution in [1.82, 2.24) is 0 Å². The number of carbonyl (C=O) groups is 2. The molecule has 0 saturated carbocycles. The molecule has 2 rings (SSSR count). The van der Waals surface area contributed by atoms with Crippen LogP contribution in [-0.2, 0) is 19.1 Å². The van der Waals surface area contributed by atoms with Crippen molar-refractivity contribution in [3.8, 4) is 11.5 Å². The lowest BCUT2D eigenvalue weighted by Crippen LogP contribution is -2.20. The van der Waals surface area contributed by atoms with Crippen molar-refractivity contribution < 1.29 is 28.5 Å². The smallest absolute Gasteiger partial charge is 0.346 e. The average molecular weight is 384 g/mol. The number of benzene rings is 2. The molecular weight excluding hydrogens is 360 g/mol. The van der Waals surface area contributed by atoms with Gasteiger partial charge in [0.05, 0.1) is 27.4 Å². The number of ether oxygens (including phenoxy) is 4. The zero-order valence-corrected chi connectivity index (χ0v) is 16.5. The van der Waals surface area contributed by atoms with Crippen molar-refractivity contribution in [2.75, 3.05) is 27.4 Å². The molecular formula is C22H24O6. The van der Waals surface area contributed by atoms with Crippen molar-refractivity contribution in [3.63, 3.8) is 0 Å². The van der Waals surface area contributed by atoms with Gasteiger partial charge in [-0.25, -0.2) is 9.59 Å². The van der Waals surface area contributed by atoms with E-state index in [4.69, 9.17) is 18.9 Å². The standard InChI is InChI=1S/C22H24O6/c1-5-27-21(23)20(22(24)28-6-2)19(15-7-11-17(25-3)12-8-15)16-9-13-18(26-4)14-10-16/h7-14H,5-6H2,1-4H3. The molecule has 0 aliphatic carbocycles. The van der Waals surface area contributed by atoms with E-state index < -0.39 is 11.9 Å². The second kappa shape index (κ2) is 10.2. The van der Waals surface area contributed by atoms with Crippen LogP contribution in [0.4, 0.5) is 0 Å². The normalized spacial score (nSPS) is 10.0. The molecule has 0 amide bonds. The molecule has 2 aromatic carbocycles. The Morgan fingerprint density at radius 2 is 1.04 bits per heavy atom. The molecule has 0 saturated heterocycles. The summed E-state index contributed by atoms with van der Waals surface area (Å²) in [5.41, 5.74) is 1.57. The number of carbonyl (C=O) groups excluding carboxylic acids is 2. The summed E-state index contributed by atoms with van der Waals surface area (Å²) >= 11 is 0. The Hall–Kier alpha value is -3.28. The van der Waals surface area contributed by atoms with Gasteiger partial charge in [0.15, 0.2) is 5.57 Å². The van der Waals surface area contributed by atoms with Gasteiger partial charge in [-0.15, -0.1) is 0 Å². The molecule has 0 bridgehead atoms. The van der Waals surface area contributed by atoms with Crippen molar-refractivity contribution in [2.45, 2.75) is 13.8 Å². The molecule has 28 heavy (non-hydrogen) atoms. The second-order valence-electron chi connectivity index (χ2n) is 5.65. The van der Waals surface area contributed by atoms with Crippen molar-refractivity contribution in [2.24, 2.45) is 0 Å². The molecule has 6 heteroatoms. The van der Waals surface area contributed by atoms with Crippen molar-refractivity contribution in [1.29, 1.82) is 0 Å². The SMILES string of the molecule is CCOC(=O)C(C(=O)OCC)=C(c1ccc(OC)cc1)c1ccc(OC)cc1. The summed E-state index contributed by atoms with van der Waals surface area (Å²) in [6.45, 7) is 3.64. The molecule has 0 N–H and O–H groups in total. The molecule has 0 fully saturated rings. The first-order chi connectivity index (χ1) is 13.5. The monoisotopic (exact) mass is 384 g/mol. The van der Waals surface area contributed by atoms with Crippen LogP contribution in [0.25, 0.3) is 5.57 Å². The number of hydrogen-bond acceptors (Lipinski definition) is 6. The highest BCUT2D eigenvalue weighted by Crippen LogP contribution is 2.31. The van der Waals surface area contributed by atoms with E-state index in [-0.39, 0.29) is 18.8 Å². The van der Waals surface area contributed by atoms with E-state index in [1.54, 1.807) is 76.6 Å². The highest BCUT2D eigenvalue weighted by Gasteiger charge is 2.27. The molecule has 0 aliphatic heterocycles. The highest BCUT2D eigenvalue weighted by molar-refractivity contribution is 6.21. The quantitative estimate of drug-likeness (QED) is 0.300. The first-order valence-corrected chi connectivity index (χ1v) is 8.93. The van der Waals surface area contributed by atoms with E-state index in [0.717, 1.165) is 0 Å². The Morgan fingerprint density at radius 1 is 0.679 bits per heavy atom. The lowest BCUT2D eigenvalue weighted by atomic mass is 9.92. The number of rotatable bonds is 8. The average Bonchev–Trinajstić information content (AvgIpc) is 2.72. The van der Waals surface area contributed by atoms with Crippen LogP contribution in [0.3, 0.4) is 0 Å². The van der Waals surface area contributed by atoms with E-state index in [2.05, 4.69) is 0 Å². The van der Waals surface area contributed by atoms with E-state index in [1.807, 2.05) is 0 Å². The maximum Gasteiger partial charge on any atom is 0.346 e. The molecule has 2 aromatic rings. The summed E-state index contributed by atoms with van der Waals surface area (Å²) < 4.78 is 20.7. The molecule has 0 aliphatic rings. The maximum absolute atomic E-state index is 12.7. The van der Waals surface area contributed by atoms with E-state index >= 15 is 0 Å². The molecule has 0 aromatic heterocycles. The van der Waals surface area contributed by atoms with Crippen molar-refractivity contribution >= 4 is 17.5 Å². The minimum Gasteiger partial charge on any atom is -0.497 e. The summed E-state index contributed by atoms with van der Waals surface area (Å²) in [4.78, 5) is 25.3. The van der Waals surface area contributed by atoms with Crippen LogP contribution in [0.1, 0.15) is 25.0 Å². The van der Waals surface area contributed by atoms with Gasteiger partial charge in [0.2, 0.25) is 0 Å². The summed E-state index contributed by atoms with van der Waals surface area (Å²) in [5.74, 6) is -0.150. The molecule has 0 radical (unpaired) electrons. The van der Waals surface area contributed by atoms with Crippen LogP contribution in [0, 0.1) is 0 Å². The van der Waals surface area contributed by atoms with Crippen LogP contribution >= 0.6 is 0 Å². The molecule has 0 spiro atoms. The summed E-state index contributed by atoms with van der Waals surface area (Å²) in [6.07, 6.45) is 0. The molecule has 0 atom stereocenters. The number of hydrogen-bond donors (Lipinski definition) is 0. The Labute approximate surface area is 164 Å². The van der Waals surface area contributed by atoms with E-state index in [1.165, 1.54) is 0 Å². The van der Waals surface area contributed by atoms with Gasteiger partial charge in [-0.3, -0.25) is 0 Å². The zero-order chi connectivity index (χ0) is 20.5. The number of methoxy groups -OCH3 is 2. The lowest BCUT2D eigenvalue weighted by Gasteiger charge is -2.15. The zero-order valence-electron chi connectivity index (χ0n) is 16.5. The Morgan fingerprint density at radius 3 is 1.32 bits per heavy atom. The fourth-order valence-corrected chi connectivity index (χ4v) is 2.66. The Balaban J connectivity index is 2.74. The predicted molar refractivity (Wildman–Crippen MR) is 105 cm³/mol. The third-order valence-corrected chi connectivity index (χ3v) is 3.97. The van der Waals surface area contributed by atoms with Gasteiger partial charge >= 0.3 is 11.9 Å². The highest BCUT2D eigenvalue weighted by atomic mass is 16.6. The summed E-state index contributed by atoms with van der Waals surface area (Å²) in [5, 5.41) is 0. The van der Waals surface area contributed by atoms with E-state index in [0.29, 0.717) is 28.2 Å². The van der Waals surface area contributed by atoms with Gasteiger partial charge in [-0.05, 0) is 49.2 Å². The first kappa shape index (κ1) is 21.0. The molecule has 6 nitrogen and oxygen atoms in total. The van der Waals surface area contributed by atoms with Crippen molar-refractivity contribution in [3.05, 3.63) is 65.2 Å². The third-order valence-electron chi connectivity index (χ3n) is 3.97. The number of esters is 2. The largest absolute Gasteiger partial charge is 0.497 e. The van der Waals surface area contributed by atoms with Crippen LogP contribution in [0.5, 0.6) is 11.5 Å². The molecule has 148 valence electrons. The first-order valence-electron chi connectivity index (χ1n) is 8.93. The van der Waals surface area contributed by atoms with Gasteiger partial charge < -0.3 is 18.9 Å². The van der Waals surface area contributed by atoms with Crippen LogP contribution < -0.4 is 9.47 Å². The van der Waals surface area contributed by atoms with Crippen LogP contribution in [0.15, 0.2) is 54.1 Å². The van der Waals surface area contributed by atoms with E-state index in [9.17, 15) is 9.59 Å². The van der Waals surface area contributed by atoms with Crippen LogP contribution in [0.2, 0.25) is 0 Å². The maximum atomic E-state index is 12.7. The van der Waals surface area contributed by atoms with Gasteiger partial charge in [-0.2, -0.15) is 0 Å². The fourth-order valence-electron chi connectivity index (χ4n) is 2.66. The van der Waals surface area contributed by atoms with Crippen LogP contribution in [-0.4, -0.2) is 39.4 Å². The molecule has 0 heterocycles. The third kappa shape index (κ3) is 4.91. The fraction of sp³-hybridized carbons (Fsp3) is 0.273. The lowest BCUT2D eigenvalue weighted by molar-refractivity contribution is -0.146. The van der Waals surface area contributed by atoms with Gasteiger partial charge in [0.25, 0.3) is 0 Å². The topological polar surface area (TPSA) is 71.1 Å². The minimum absolute atomic E-state index is 0.139. The summed E-state index contributed by atoms with van der Waals surface area (Å²) in [7, 11) is 3.13. The minimum atomic E-state index is -0.734. The Kier molecular flexibility index (Phi) is 7.63. The van der Waals surface area contributed by atoms with Gasteiger partial charge in [0.1, 0.15) is 11.5 Å². The summed E-state index contributed by atoms with van der Waals surface area (Å²) in [6, 6.07) is 14.1. The second-order valence-corrected chi connectivity index (χ2v) is 5.65. The van der Waals surface area contributed by atoms with Gasteiger partial charge in [-0.1, -0.05) is 24.3 Å². The Bertz CT molecular complexity index is 765. The van der Waals surface area contributed by atoms with Gasteiger partial charge in [0, 0.05) is 5.57 Å².